The molecule has 5 nitrogen and oxygen atoms in total. The number of benzene rings is 4. The van der Waals surface area contributed by atoms with Crippen LogP contribution in [0.3, 0.4) is 0 Å². The summed E-state index contributed by atoms with van der Waals surface area (Å²) in [6.07, 6.45) is -0.0952. The lowest BCUT2D eigenvalue weighted by molar-refractivity contribution is -0.131. The van der Waals surface area contributed by atoms with Gasteiger partial charge in [0.25, 0.3) is 0 Å². The van der Waals surface area contributed by atoms with Gasteiger partial charge in [0, 0.05) is 5.69 Å². The van der Waals surface area contributed by atoms with Crippen molar-refractivity contribution in [3.05, 3.63) is 125 Å². The van der Waals surface area contributed by atoms with Crippen LogP contribution in [0.2, 0.25) is 0 Å². The molecule has 4 aromatic carbocycles. The number of halogens is 2. The number of carbonyl (C=O) groups excluding carboxylic acids is 1. The zero-order chi connectivity index (χ0) is 26.8. The monoisotopic (exact) mass is 513 g/mol. The molecule has 3 atom stereocenters. The van der Waals surface area contributed by atoms with Crippen LogP contribution in [0.1, 0.15) is 46.5 Å². The smallest absolute Gasteiger partial charge is 0.335 e. The quantitative estimate of drug-likeness (QED) is 0.262. The van der Waals surface area contributed by atoms with Gasteiger partial charge in [-0.3, -0.25) is 4.79 Å². The molecule has 1 aliphatic heterocycles. The number of rotatable bonds is 8. The number of hydrogen-bond acceptors (Lipinski definition) is 3. The summed E-state index contributed by atoms with van der Waals surface area (Å²) in [5, 5.41) is 19.8. The third-order valence-corrected chi connectivity index (χ3v) is 7.04. The lowest BCUT2D eigenvalue weighted by Crippen LogP contribution is -2.55. The average Bonchev–Trinajstić information content (AvgIpc) is 2.93. The largest absolute Gasteiger partial charge is 0.478 e. The molecule has 0 unspecified atom stereocenters. The Bertz CT molecular complexity index is 1440. The minimum Gasteiger partial charge on any atom is -0.478 e. The summed E-state index contributed by atoms with van der Waals surface area (Å²) in [5.74, 6) is -2.27. The third-order valence-electron chi connectivity index (χ3n) is 7.04. The molecule has 2 N–H and O–H groups in total. The molecule has 38 heavy (non-hydrogen) atoms. The summed E-state index contributed by atoms with van der Waals surface area (Å²) in [7, 11) is 0. The van der Waals surface area contributed by atoms with Gasteiger partial charge in [0.2, 0.25) is 5.91 Å². The number of β-lactam (4-membered cyclic amide) rings is 1. The van der Waals surface area contributed by atoms with Gasteiger partial charge in [0.05, 0.1) is 23.6 Å². The maximum Gasteiger partial charge on any atom is 0.335 e. The molecule has 0 aliphatic carbocycles. The Morgan fingerprint density at radius 2 is 1.32 bits per heavy atom. The summed E-state index contributed by atoms with van der Waals surface area (Å²) in [5.41, 5.74) is 4.03. The van der Waals surface area contributed by atoms with E-state index in [0.717, 1.165) is 16.7 Å². The molecule has 0 aromatic heterocycles. The number of carboxylic acid groups (broad SMARTS) is 1. The Hall–Kier alpha value is -4.36. The van der Waals surface area contributed by atoms with E-state index in [0.29, 0.717) is 24.1 Å². The first-order valence-electron chi connectivity index (χ1n) is 12.3. The van der Waals surface area contributed by atoms with Crippen molar-refractivity contribution in [2.45, 2.75) is 25.0 Å². The number of nitrogens with zero attached hydrogens (tertiary/aromatic N) is 1. The van der Waals surface area contributed by atoms with Crippen LogP contribution in [0.15, 0.2) is 97.1 Å². The lowest BCUT2D eigenvalue weighted by Gasteiger charge is -2.48. The van der Waals surface area contributed by atoms with Crippen molar-refractivity contribution in [2.24, 2.45) is 5.92 Å². The molecule has 1 amide bonds. The molecule has 0 bridgehead atoms. The van der Waals surface area contributed by atoms with Crippen molar-refractivity contribution < 1.29 is 28.6 Å². The lowest BCUT2D eigenvalue weighted by atomic mass is 9.78. The summed E-state index contributed by atoms with van der Waals surface area (Å²) >= 11 is 0. The second-order valence-corrected chi connectivity index (χ2v) is 9.39. The van der Waals surface area contributed by atoms with E-state index in [2.05, 4.69) is 0 Å². The maximum atomic E-state index is 13.5. The highest BCUT2D eigenvalue weighted by Gasteiger charge is 2.48. The molecule has 192 valence electrons. The molecular weight excluding hydrogens is 488 g/mol. The Balaban J connectivity index is 1.38. The summed E-state index contributed by atoms with van der Waals surface area (Å²) in [6.45, 7) is 0. The number of carbonyl (C=O) groups is 2. The van der Waals surface area contributed by atoms with Crippen LogP contribution in [-0.2, 0) is 4.79 Å². The van der Waals surface area contributed by atoms with E-state index in [4.69, 9.17) is 5.11 Å². The van der Waals surface area contributed by atoms with Crippen molar-refractivity contribution in [1.82, 2.24) is 0 Å². The molecule has 0 spiro atoms. The zero-order valence-corrected chi connectivity index (χ0v) is 20.3. The molecule has 1 fully saturated rings. The number of carboxylic acids is 1. The van der Waals surface area contributed by atoms with E-state index in [1.54, 1.807) is 41.3 Å². The minimum atomic E-state index is -0.988. The van der Waals surface area contributed by atoms with Gasteiger partial charge >= 0.3 is 5.97 Å². The Labute approximate surface area is 218 Å². The van der Waals surface area contributed by atoms with Gasteiger partial charge in [-0.2, -0.15) is 0 Å². The molecule has 5 rings (SSSR count). The molecular formula is C31H25F2NO4. The SMILES string of the molecule is O=C(O)c1ccc(-c2ccc([C@@H]3[C@@H](CC[C@H](O)c4ccc(F)cc4)C(=O)N3c3ccc(F)cc3)cc2)cc1. The van der Waals surface area contributed by atoms with Crippen molar-refractivity contribution in [2.75, 3.05) is 4.90 Å². The van der Waals surface area contributed by atoms with Crippen LogP contribution in [0, 0.1) is 17.6 Å². The van der Waals surface area contributed by atoms with Crippen LogP contribution in [0.25, 0.3) is 11.1 Å². The molecule has 4 aromatic rings. The second-order valence-electron chi connectivity index (χ2n) is 9.39. The Morgan fingerprint density at radius 3 is 1.87 bits per heavy atom. The van der Waals surface area contributed by atoms with Gasteiger partial charge in [-0.15, -0.1) is 0 Å². The van der Waals surface area contributed by atoms with E-state index >= 15 is 0 Å². The molecule has 7 heteroatoms. The van der Waals surface area contributed by atoms with Gasteiger partial charge in [-0.1, -0.05) is 48.5 Å². The third kappa shape index (κ3) is 5.06. The van der Waals surface area contributed by atoms with Crippen LogP contribution in [0.4, 0.5) is 14.5 Å². The maximum absolute atomic E-state index is 13.5. The van der Waals surface area contributed by atoms with Crippen LogP contribution in [0.5, 0.6) is 0 Å². The van der Waals surface area contributed by atoms with E-state index < -0.39 is 23.8 Å². The summed E-state index contributed by atoms with van der Waals surface area (Å²) < 4.78 is 26.8. The second kappa shape index (κ2) is 10.6. The first-order chi connectivity index (χ1) is 18.3. The first kappa shape index (κ1) is 25.3. The topological polar surface area (TPSA) is 77.8 Å². The predicted molar refractivity (Wildman–Crippen MR) is 140 cm³/mol. The Morgan fingerprint density at radius 1 is 0.789 bits per heavy atom. The van der Waals surface area contributed by atoms with Crippen molar-refractivity contribution in [3.8, 4) is 11.1 Å². The normalized spacial score (nSPS) is 17.7. The summed E-state index contributed by atoms with van der Waals surface area (Å²) in [4.78, 5) is 26.0. The summed E-state index contributed by atoms with van der Waals surface area (Å²) in [6, 6.07) is 25.4. The average molecular weight is 514 g/mol. The first-order valence-corrected chi connectivity index (χ1v) is 12.3. The molecule has 1 heterocycles. The standard InChI is InChI=1S/C31H25F2NO4/c32-24-11-9-21(10-12-24)28(35)18-17-27-29(34(30(27)36)26-15-13-25(33)14-16-26)22-5-1-19(2-6-22)20-3-7-23(8-4-20)31(37)38/h1-16,27-29,35H,17-18H2,(H,37,38)/t27-,28+,29-/m1/s1. The molecule has 1 aliphatic rings. The highest BCUT2D eigenvalue weighted by atomic mass is 19.1. The van der Waals surface area contributed by atoms with Gasteiger partial charge in [0.15, 0.2) is 0 Å². The number of aliphatic hydroxyl groups excluding tert-OH is 1. The van der Waals surface area contributed by atoms with Gasteiger partial charge < -0.3 is 15.1 Å². The van der Waals surface area contributed by atoms with Gasteiger partial charge in [0.1, 0.15) is 11.6 Å². The van der Waals surface area contributed by atoms with Gasteiger partial charge in [-0.25, -0.2) is 13.6 Å². The van der Waals surface area contributed by atoms with E-state index in [9.17, 15) is 23.5 Å². The van der Waals surface area contributed by atoms with Crippen molar-refractivity contribution >= 4 is 17.6 Å². The minimum absolute atomic E-state index is 0.110. The highest BCUT2D eigenvalue weighted by molar-refractivity contribution is 6.03. The number of amides is 1. The fourth-order valence-corrected chi connectivity index (χ4v) is 4.97. The fraction of sp³-hybridized carbons (Fsp3) is 0.161. The highest BCUT2D eigenvalue weighted by Crippen LogP contribution is 2.46. The molecule has 0 radical (unpaired) electrons. The fourth-order valence-electron chi connectivity index (χ4n) is 4.97. The van der Waals surface area contributed by atoms with Gasteiger partial charge in [-0.05, 0) is 83.6 Å². The zero-order valence-electron chi connectivity index (χ0n) is 20.3. The van der Waals surface area contributed by atoms with E-state index in [1.165, 1.54) is 36.4 Å². The number of hydrogen-bond donors (Lipinski definition) is 2. The van der Waals surface area contributed by atoms with Crippen LogP contribution in [-0.4, -0.2) is 22.1 Å². The van der Waals surface area contributed by atoms with Crippen LogP contribution < -0.4 is 4.90 Å². The Kier molecular flexibility index (Phi) is 7.03. The van der Waals surface area contributed by atoms with E-state index in [-0.39, 0.29) is 23.3 Å². The van der Waals surface area contributed by atoms with Crippen molar-refractivity contribution in [1.29, 1.82) is 0 Å². The molecule has 0 saturated carbocycles. The molecule has 1 saturated heterocycles. The number of aliphatic hydroxyl groups is 1. The van der Waals surface area contributed by atoms with Crippen LogP contribution >= 0.6 is 0 Å². The van der Waals surface area contributed by atoms with Crippen molar-refractivity contribution in [3.63, 3.8) is 0 Å². The number of aromatic carboxylic acids is 1. The predicted octanol–water partition coefficient (Wildman–Crippen LogP) is 6.55. The number of anilines is 1. The van der Waals surface area contributed by atoms with E-state index in [1.807, 2.05) is 24.3 Å².